The molecule has 9 heteroatoms. The van der Waals surface area contributed by atoms with Gasteiger partial charge in [0.15, 0.2) is 5.65 Å². The Morgan fingerprint density at radius 1 is 0.944 bits per heavy atom. The number of aromatic nitrogens is 7. The molecule has 1 fully saturated rings. The van der Waals surface area contributed by atoms with Crippen LogP contribution in [0.15, 0.2) is 65.6 Å². The van der Waals surface area contributed by atoms with Crippen molar-refractivity contribution in [3.63, 3.8) is 0 Å². The van der Waals surface area contributed by atoms with E-state index in [9.17, 15) is 0 Å². The summed E-state index contributed by atoms with van der Waals surface area (Å²) in [4.78, 5) is 9.15. The maximum absolute atomic E-state index is 15.3. The first kappa shape index (κ1) is 20.8. The van der Waals surface area contributed by atoms with Gasteiger partial charge in [-0.15, -0.1) is 15.3 Å². The Labute approximate surface area is 204 Å². The molecule has 2 aromatic carbocycles. The second kappa shape index (κ2) is 8.01. The minimum absolute atomic E-state index is 0.343. The molecule has 1 aliphatic carbocycles. The molecule has 0 saturated heterocycles. The van der Waals surface area contributed by atoms with E-state index in [-0.39, 0.29) is 5.82 Å². The largest absolute Gasteiger partial charge is 0.420 e. The molecule has 0 atom stereocenters. The average Bonchev–Trinajstić information content (AvgIpc) is 3.49. The van der Waals surface area contributed by atoms with E-state index >= 15 is 4.39 Å². The van der Waals surface area contributed by atoms with Crippen LogP contribution >= 0.6 is 0 Å². The van der Waals surface area contributed by atoms with Crippen molar-refractivity contribution in [3.05, 3.63) is 72.9 Å². The van der Waals surface area contributed by atoms with E-state index in [0.29, 0.717) is 40.0 Å². The van der Waals surface area contributed by atoms with Gasteiger partial charge in [0, 0.05) is 46.3 Å². The number of rotatable bonds is 5. The van der Waals surface area contributed by atoms with Crippen molar-refractivity contribution in [2.75, 3.05) is 0 Å². The van der Waals surface area contributed by atoms with Gasteiger partial charge < -0.3 is 8.98 Å². The predicted octanol–water partition coefficient (Wildman–Crippen LogP) is 5.79. The lowest BCUT2D eigenvalue weighted by Gasteiger charge is -2.11. The first-order valence-electron chi connectivity index (χ1n) is 11.9. The van der Waals surface area contributed by atoms with Gasteiger partial charge >= 0.3 is 0 Å². The fourth-order valence-corrected chi connectivity index (χ4v) is 4.63. The lowest BCUT2D eigenvalue weighted by molar-refractivity contribution is 0.509. The molecule has 0 N–H and O–H groups in total. The van der Waals surface area contributed by atoms with Crippen molar-refractivity contribution >= 4 is 22.1 Å². The monoisotopic (exact) mass is 477 g/mol. The molecular weight excluding hydrogens is 457 g/mol. The molecule has 0 spiro atoms. The summed E-state index contributed by atoms with van der Waals surface area (Å²) in [6, 6.07) is 12.6. The number of hydrogen-bond donors (Lipinski definition) is 0. The third-order valence-electron chi connectivity index (χ3n) is 6.68. The normalized spacial score (nSPS) is 13.6. The van der Waals surface area contributed by atoms with Crippen LogP contribution in [-0.4, -0.2) is 34.9 Å². The van der Waals surface area contributed by atoms with Crippen molar-refractivity contribution in [2.24, 2.45) is 0 Å². The summed E-state index contributed by atoms with van der Waals surface area (Å²) in [5.41, 5.74) is 5.56. The number of aryl methyl sites for hydroxylation is 1. The lowest BCUT2D eigenvalue weighted by Crippen LogP contribution is -1.96. The maximum atomic E-state index is 15.3. The third-order valence-corrected chi connectivity index (χ3v) is 6.68. The molecule has 4 aromatic heterocycles. The molecule has 36 heavy (non-hydrogen) atoms. The van der Waals surface area contributed by atoms with E-state index in [2.05, 4.69) is 30.4 Å². The Bertz CT molecular complexity index is 1770. The van der Waals surface area contributed by atoms with Gasteiger partial charge in [-0.25, -0.2) is 9.37 Å². The van der Waals surface area contributed by atoms with Crippen molar-refractivity contribution in [1.82, 2.24) is 34.9 Å². The smallest absolute Gasteiger partial charge is 0.248 e. The first-order valence-corrected chi connectivity index (χ1v) is 11.9. The number of imidazole rings is 1. The van der Waals surface area contributed by atoms with Crippen LogP contribution in [0.1, 0.15) is 31.6 Å². The van der Waals surface area contributed by atoms with E-state index in [1.54, 1.807) is 24.8 Å². The van der Waals surface area contributed by atoms with E-state index in [1.807, 2.05) is 41.8 Å². The van der Waals surface area contributed by atoms with Crippen LogP contribution in [0.4, 0.5) is 4.39 Å². The van der Waals surface area contributed by atoms with Gasteiger partial charge in [0.25, 0.3) is 0 Å². The van der Waals surface area contributed by atoms with Crippen LogP contribution in [0.3, 0.4) is 0 Å². The summed E-state index contributed by atoms with van der Waals surface area (Å²) in [5.74, 6) is 1.15. The molecule has 8 nitrogen and oxygen atoms in total. The van der Waals surface area contributed by atoms with Gasteiger partial charge in [0.1, 0.15) is 11.3 Å². The van der Waals surface area contributed by atoms with Crippen molar-refractivity contribution in [3.8, 4) is 33.7 Å². The highest BCUT2D eigenvalue weighted by Crippen LogP contribution is 2.41. The Morgan fingerprint density at radius 2 is 1.83 bits per heavy atom. The minimum atomic E-state index is -0.343. The van der Waals surface area contributed by atoms with E-state index in [1.165, 1.54) is 6.07 Å². The van der Waals surface area contributed by atoms with Crippen LogP contribution in [0, 0.1) is 5.82 Å². The van der Waals surface area contributed by atoms with Gasteiger partial charge in [-0.05, 0) is 49.6 Å². The molecule has 7 rings (SSSR count). The van der Waals surface area contributed by atoms with Crippen LogP contribution in [0.2, 0.25) is 0 Å². The molecule has 6 aromatic rings. The molecule has 4 heterocycles. The number of pyridine rings is 1. The summed E-state index contributed by atoms with van der Waals surface area (Å²) < 4.78 is 23.2. The number of hydrogen-bond acceptors (Lipinski definition) is 7. The van der Waals surface area contributed by atoms with E-state index in [4.69, 9.17) is 4.42 Å². The van der Waals surface area contributed by atoms with Crippen molar-refractivity contribution in [2.45, 2.75) is 32.2 Å². The molecule has 0 bridgehead atoms. The SMILES string of the molecule is CCn1cnc2c(-c3ccc(F)c(-c4ccc(-c5nnc(C6CC6)o5)c5cccnc45)c3)cnnc21. The van der Waals surface area contributed by atoms with Gasteiger partial charge in [-0.2, -0.15) is 5.10 Å². The second-order valence-electron chi connectivity index (χ2n) is 8.94. The van der Waals surface area contributed by atoms with E-state index in [0.717, 1.165) is 47.0 Å². The Balaban J connectivity index is 1.38. The van der Waals surface area contributed by atoms with Gasteiger partial charge in [0.2, 0.25) is 11.8 Å². The Morgan fingerprint density at radius 3 is 2.69 bits per heavy atom. The summed E-state index contributed by atoms with van der Waals surface area (Å²) in [6.07, 6.45) is 7.27. The molecule has 176 valence electrons. The van der Waals surface area contributed by atoms with Crippen LogP contribution in [-0.2, 0) is 6.54 Å². The number of benzene rings is 2. The number of nitrogens with zero attached hydrogens (tertiary/aromatic N) is 7. The highest BCUT2D eigenvalue weighted by Gasteiger charge is 2.30. The summed E-state index contributed by atoms with van der Waals surface area (Å²) in [5, 5.41) is 17.7. The molecule has 0 aliphatic heterocycles. The molecule has 0 amide bonds. The average molecular weight is 478 g/mol. The summed E-state index contributed by atoms with van der Waals surface area (Å²) in [7, 11) is 0. The Hall–Kier alpha value is -4.53. The first-order chi connectivity index (χ1) is 17.7. The highest BCUT2D eigenvalue weighted by atomic mass is 19.1. The van der Waals surface area contributed by atoms with Gasteiger partial charge in [0.05, 0.1) is 18.0 Å². The molecule has 1 saturated carbocycles. The zero-order valence-electron chi connectivity index (χ0n) is 19.4. The molecule has 0 radical (unpaired) electrons. The van der Waals surface area contributed by atoms with Gasteiger partial charge in [-0.1, -0.05) is 18.2 Å². The van der Waals surface area contributed by atoms with Crippen LogP contribution < -0.4 is 0 Å². The summed E-state index contributed by atoms with van der Waals surface area (Å²) >= 11 is 0. The zero-order chi connectivity index (χ0) is 24.2. The zero-order valence-corrected chi connectivity index (χ0v) is 19.4. The van der Waals surface area contributed by atoms with Crippen molar-refractivity contribution in [1.29, 1.82) is 0 Å². The van der Waals surface area contributed by atoms with Crippen LogP contribution in [0.5, 0.6) is 0 Å². The van der Waals surface area contributed by atoms with Crippen LogP contribution in [0.25, 0.3) is 55.8 Å². The topological polar surface area (TPSA) is 95.4 Å². The molecule has 0 unspecified atom stereocenters. The van der Waals surface area contributed by atoms with Crippen molar-refractivity contribution < 1.29 is 8.81 Å². The summed E-state index contributed by atoms with van der Waals surface area (Å²) in [6.45, 7) is 2.75. The Kier molecular flexibility index (Phi) is 4.63. The highest BCUT2D eigenvalue weighted by molar-refractivity contribution is 6.02. The molecular formula is C27H20FN7O. The second-order valence-corrected chi connectivity index (χ2v) is 8.94. The lowest BCUT2D eigenvalue weighted by atomic mass is 9.95. The minimum Gasteiger partial charge on any atom is -0.420 e. The molecule has 1 aliphatic rings. The number of fused-ring (bicyclic) bond motifs is 2. The fraction of sp³-hybridized carbons (Fsp3) is 0.185. The fourth-order valence-electron chi connectivity index (χ4n) is 4.63. The quantitative estimate of drug-likeness (QED) is 0.310. The predicted molar refractivity (Wildman–Crippen MR) is 132 cm³/mol. The van der Waals surface area contributed by atoms with Gasteiger partial charge in [-0.3, -0.25) is 4.98 Å². The maximum Gasteiger partial charge on any atom is 0.248 e. The van der Waals surface area contributed by atoms with E-state index < -0.39 is 0 Å². The number of halogens is 1. The third kappa shape index (κ3) is 3.27. The standard InChI is InChI=1S/C27H20FN7O/c1-2-35-14-30-24-21(13-31-32-25(24)35)16-7-10-22(28)20(12-16)18-8-9-19(17-4-3-11-29-23(17)18)27-34-33-26(36-27)15-5-6-15/h3-4,7-15H,2,5-6H2,1H3.